The van der Waals surface area contributed by atoms with E-state index < -0.39 is 41.8 Å². The first-order chi connectivity index (χ1) is 14.6. The molecule has 1 aromatic heterocycles. The molecule has 0 aliphatic heterocycles. The minimum absolute atomic E-state index is 0.00107. The van der Waals surface area contributed by atoms with E-state index in [4.69, 9.17) is 22.9 Å². The quantitative estimate of drug-likeness (QED) is 0.0816. The lowest BCUT2D eigenvalue weighted by molar-refractivity contribution is -0.142. The van der Waals surface area contributed by atoms with Gasteiger partial charge < -0.3 is 43.7 Å². The molecule has 0 bridgehead atoms. The van der Waals surface area contributed by atoms with Gasteiger partial charge in [-0.25, -0.2) is 9.78 Å². The first-order valence-electron chi connectivity index (χ1n) is 9.50. The topological polar surface area (TPSA) is 258 Å². The van der Waals surface area contributed by atoms with E-state index in [1.54, 1.807) is 0 Å². The fourth-order valence-corrected chi connectivity index (χ4v) is 2.57. The summed E-state index contributed by atoms with van der Waals surface area (Å²) in [7, 11) is 0. The lowest BCUT2D eigenvalue weighted by Gasteiger charge is -2.22. The Morgan fingerprint density at radius 2 is 1.77 bits per heavy atom. The highest BCUT2D eigenvalue weighted by atomic mass is 16.4. The number of rotatable bonds is 14. The number of aliphatic carboxylic acids is 1. The first kappa shape index (κ1) is 25.4. The Balaban J connectivity index is 2.82. The van der Waals surface area contributed by atoms with Gasteiger partial charge in [0.2, 0.25) is 17.7 Å². The van der Waals surface area contributed by atoms with Crippen molar-refractivity contribution in [1.82, 2.24) is 20.6 Å². The highest BCUT2D eigenvalue weighted by Crippen LogP contribution is 2.04. The number of H-pyrrole nitrogens is 1. The van der Waals surface area contributed by atoms with Crippen molar-refractivity contribution in [2.75, 3.05) is 6.54 Å². The Hall–Kier alpha value is -3.68. The molecule has 0 aromatic carbocycles. The molecule has 3 amide bonds. The number of amides is 3. The zero-order valence-corrected chi connectivity index (χ0v) is 16.9. The number of aliphatic imine (C=N–C) groups is 1. The smallest absolute Gasteiger partial charge is 0.326 e. The molecule has 172 valence electrons. The number of carboxylic acid groups (broad SMARTS) is 1. The van der Waals surface area contributed by atoms with Crippen LogP contribution < -0.4 is 33.6 Å². The van der Waals surface area contributed by atoms with Crippen molar-refractivity contribution in [3.8, 4) is 0 Å². The number of guanidine groups is 1. The molecular weight excluding hydrogens is 410 g/mol. The molecule has 1 rings (SSSR count). The van der Waals surface area contributed by atoms with Crippen LogP contribution in [0.4, 0.5) is 0 Å². The van der Waals surface area contributed by atoms with Crippen LogP contribution in [0.15, 0.2) is 17.5 Å². The second-order valence-corrected chi connectivity index (χ2v) is 6.80. The Morgan fingerprint density at radius 3 is 2.32 bits per heavy atom. The Bertz CT molecular complexity index is 777. The van der Waals surface area contributed by atoms with Gasteiger partial charge in [0.05, 0.1) is 12.4 Å². The summed E-state index contributed by atoms with van der Waals surface area (Å²) in [5.41, 5.74) is 21.8. The Labute approximate surface area is 178 Å². The number of carboxylic acids is 1. The maximum Gasteiger partial charge on any atom is 0.326 e. The van der Waals surface area contributed by atoms with E-state index in [1.165, 1.54) is 12.5 Å². The number of nitrogens with zero attached hydrogens (tertiary/aromatic N) is 2. The van der Waals surface area contributed by atoms with Crippen molar-refractivity contribution in [3.63, 3.8) is 0 Å². The maximum atomic E-state index is 12.7. The van der Waals surface area contributed by atoms with Gasteiger partial charge in [-0.2, -0.15) is 0 Å². The number of aromatic nitrogens is 2. The molecule has 31 heavy (non-hydrogen) atoms. The predicted molar refractivity (Wildman–Crippen MR) is 110 cm³/mol. The van der Waals surface area contributed by atoms with Gasteiger partial charge in [-0.3, -0.25) is 19.4 Å². The fraction of sp³-hybridized carbons (Fsp3) is 0.529. The number of hydrogen-bond acceptors (Lipinski definition) is 7. The lowest BCUT2D eigenvalue weighted by atomic mass is 10.1. The molecule has 0 radical (unpaired) electrons. The molecule has 12 N–H and O–H groups in total. The minimum atomic E-state index is -1.26. The van der Waals surface area contributed by atoms with Crippen LogP contribution in [0.5, 0.6) is 0 Å². The van der Waals surface area contributed by atoms with E-state index >= 15 is 0 Å². The van der Waals surface area contributed by atoms with Gasteiger partial charge >= 0.3 is 5.97 Å². The van der Waals surface area contributed by atoms with E-state index in [2.05, 4.69) is 25.6 Å². The summed E-state index contributed by atoms with van der Waals surface area (Å²) in [6, 6.07) is -3.42. The number of carbonyl (C=O) groups is 4. The largest absolute Gasteiger partial charge is 0.480 e. The van der Waals surface area contributed by atoms with Crippen molar-refractivity contribution < 1.29 is 24.3 Å². The number of hydrogen-bond donors (Lipinski definition) is 8. The molecule has 1 heterocycles. The number of primary amides is 1. The van der Waals surface area contributed by atoms with Gasteiger partial charge in [0, 0.05) is 31.3 Å². The Kier molecular flexibility index (Phi) is 10.5. The van der Waals surface area contributed by atoms with Gasteiger partial charge in [0.15, 0.2) is 5.96 Å². The number of nitrogens with one attached hydrogen (secondary N) is 3. The summed E-state index contributed by atoms with van der Waals surface area (Å²) in [6.07, 6.45) is 3.14. The summed E-state index contributed by atoms with van der Waals surface area (Å²) >= 11 is 0. The monoisotopic (exact) mass is 439 g/mol. The molecule has 0 saturated heterocycles. The average Bonchev–Trinajstić information content (AvgIpc) is 3.20. The fourth-order valence-electron chi connectivity index (χ4n) is 2.57. The van der Waals surface area contributed by atoms with Crippen LogP contribution >= 0.6 is 0 Å². The molecule has 0 spiro atoms. The molecule has 14 heteroatoms. The zero-order chi connectivity index (χ0) is 23.4. The molecular formula is C17H29N9O5. The molecule has 1 aromatic rings. The van der Waals surface area contributed by atoms with Crippen molar-refractivity contribution in [2.45, 2.75) is 50.2 Å². The van der Waals surface area contributed by atoms with Crippen LogP contribution in [0, 0.1) is 0 Å². The van der Waals surface area contributed by atoms with E-state index in [9.17, 15) is 24.3 Å². The average molecular weight is 439 g/mol. The predicted octanol–water partition coefficient (Wildman–Crippen LogP) is -3.35. The molecule has 0 aliphatic carbocycles. The number of aromatic amines is 1. The molecule has 0 aliphatic rings. The van der Waals surface area contributed by atoms with E-state index in [0.29, 0.717) is 12.1 Å². The van der Waals surface area contributed by atoms with E-state index in [-0.39, 0.29) is 38.2 Å². The second kappa shape index (κ2) is 12.8. The van der Waals surface area contributed by atoms with Crippen LogP contribution in [-0.2, 0) is 25.6 Å². The number of nitrogens with two attached hydrogens (primary N) is 4. The molecule has 0 saturated carbocycles. The number of imidazole rings is 1. The summed E-state index contributed by atoms with van der Waals surface area (Å²) in [5, 5.41) is 14.3. The van der Waals surface area contributed by atoms with Gasteiger partial charge in [0.1, 0.15) is 12.1 Å². The molecule has 3 atom stereocenters. The lowest BCUT2D eigenvalue weighted by Crippen LogP contribution is -2.55. The van der Waals surface area contributed by atoms with Crippen molar-refractivity contribution in [2.24, 2.45) is 27.9 Å². The SMILES string of the molecule is NC(=O)CCC(N)C(=O)NC(CCCN=C(N)N)C(=O)NC(Cc1cnc[nH]1)C(=O)O. The third kappa shape index (κ3) is 10.1. The summed E-state index contributed by atoms with van der Waals surface area (Å²) in [4.78, 5) is 57.8. The highest BCUT2D eigenvalue weighted by Gasteiger charge is 2.28. The van der Waals surface area contributed by atoms with Crippen molar-refractivity contribution in [3.05, 3.63) is 18.2 Å². The van der Waals surface area contributed by atoms with E-state index in [1.807, 2.05) is 0 Å². The summed E-state index contributed by atoms with van der Waals surface area (Å²) in [6.45, 7) is 0.201. The minimum Gasteiger partial charge on any atom is -0.480 e. The zero-order valence-electron chi connectivity index (χ0n) is 16.9. The second-order valence-electron chi connectivity index (χ2n) is 6.80. The third-order valence-corrected chi connectivity index (χ3v) is 4.21. The number of carbonyl (C=O) groups excluding carboxylic acids is 3. The van der Waals surface area contributed by atoms with Crippen LogP contribution in [0.2, 0.25) is 0 Å². The normalized spacial score (nSPS) is 13.5. The van der Waals surface area contributed by atoms with Crippen LogP contribution in [0.1, 0.15) is 31.4 Å². The van der Waals surface area contributed by atoms with Gasteiger partial charge in [-0.1, -0.05) is 0 Å². The van der Waals surface area contributed by atoms with Crippen LogP contribution in [-0.4, -0.2) is 69.4 Å². The Morgan fingerprint density at radius 1 is 1.10 bits per heavy atom. The van der Waals surface area contributed by atoms with Crippen molar-refractivity contribution in [1.29, 1.82) is 0 Å². The molecule has 14 nitrogen and oxygen atoms in total. The molecule has 0 fully saturated rings. The van der Waals surface area contributed by atoms with Crippen LogP contribution in [0.3, 0.4) is 0 Å². The molecule has 3 unspecified atom stereocenters. The summed E-state index contributed by atoms with van der Waals surface area (Å²) in [5.74, 6) is -3.38. The third-order valence-electron chi connectivity index (χ3n) is 4.21. The highest BCUT2D eigenvalue weighted by molar-refractivity contribution is 5.92. The first-order valence-corrected chi connectivity index (χ1v) is 9.50. The van der Waals surface area contributed by atoms with E-state index in [0.717, 1.165) is 0 Å². The van der Waals surface area contributed by atoms with Gasteiger partial charge in [0.25, 0.3) is 0 Å². The van der Waals surface area contributed by atoms with Gasteiger partial charge in [-0.05, 0) is 19.3 Å². The standard InChI is InChI=1S/C17H29N9O5/c18-10(3-4-13(19)27)14(28)25-11(2-1-5-23-17(20)21)15(29)26-12(16(30)31)6-9-7-22-8-24-9/h7-8,10-12H,1-6,18H2,(H2,19,27)(H,22,24)(H,25,28)(H,26,29)(H,30,31)(H4,20,21,23). The van der Waals surface area contributed by atoms with Crippen LogP contribution in [0.25, 0.3) is 0 Å². The van der Waals surface area contributed by atoms with Crippen molar-refractivity contribution >= 4 is 29.7 Å². The van der Waals surface area contributed by atoms with Gasteiger partial charge in [-0.15, -0.1) is 0 Å². The summed E-state index contributed by atoms with van der Waals surface area (Å²) < 4.78 is 0. The maximum absolute atomic E-state index is 12.7.